The van der Waals surface area contributed by atoms with Crippen LogP contribution in [-0.4, -0.2) is 46.6 Å². The van der Waals surface area contributed by atoms with Crippen molar-refractivity contribution in [1.29, 1.82) is 0 Å². The predicted octanol–water partition coefficient (Wildman–Crippen LogP) is 1.42. The Balaban J connectivity index is 1.95. The first-order valence-corrected chi connectivity index (χ1v) is 6.66. The molecule has 108 valence electrons. The number of amides is 1. The third-order valence-corrected chi connectivity index (χ3v) is 3.38. The molecule has 1 atom stereocenters. The average molecular weight is 278 g/mol. The number of carbonyl (C=O) groups excluding carboxylic acids is 1. The molecule has 0 bridgehead atoms. The third kappa shape index (κ3) is 3.46. The van der Waals surface area contributed by atoms with Crippen LogP contribution in [0.3, 0.4) is 0 Å². The highest BCUT2D eigenvalue weighted by Crippen LogP contribution is 2.18. The third-order valence-electron chi connectivity index (χ3n) is 3.38. The zero-order chi connectivity index (χ0) is 14.5. The number of hydrogen-bond acceptors (Lipinski definition) is 4. The first-order valence-electron chi connectivity index (χ1n) is 6.66. The number of carboxylic acids is 1. The van der Waals surface area contributed by atoms with Gasteiger partial charge in [-0.15, -0.1) is 0 Å². The van der Waals surface area contributed by atoms with Gasteiger partial charge in [0.05, 0.1) is 6.20 Å². The van der Waals surface area contributed by atoms with Crippen LogP contribution >= 0.6 is 0 Å². The number of ether oxygens (including phenoxy) is 1. The molecule has 1 amide bonds. The standard InChI is InChI=1S/C14H18N2O4/c1-10-3-2-6-16(8-10)13(17)9-20-12-7-15-5-4-11(12)14(18)19/h4-5,7,10H,2-3,6,8-9H2,1H3,(H,18,19). The molecule has 1 saturated heterocycles. The van der Waals surface area contributed by atoms with Gasteiger partial charge in [-0.2, -0.15) is 0 Å². The Kier molecular flexibility index (Phi) is 4.55. The molecule has 6 heteroatoms. The van der Waals surface area contributed by atoms with E-state index in [4.69, 9.17) is 9.84 Å². The number of pyridine rings is 1. The second-order valence-corrected chi connectivity index (χ2v) is 5.05. The number of aromatic carboxylic acids is 1. The molecule has 0 aliphatic carbocycles. The van der Waals surface area contributed by atoms with Crippen molar-refractivity contribution in [2.24, 2.45) is 5.92 Å². The number of hydrogen-bond donors (Lipinski definition) is 1. The molecule has 0 radical (unpaired) electrons. The van der Waals surface area contributed by atoms with E-state index in [9.17, 15) is 9.59 Å². The number of piperidine rings is 1. The Hall–Kier alpha value is -2.11. The van der Waals surface area contributed by atoms with E-state index in [1.54, 1.807) is 4.90 Å². The SMILES string of the molecule is CC1CCCN(C(=O)COc2cnccc2C(=O)O)C1. The zero-order valence-corrected chi connectivity index (χ0v) is 11.4. The fourth-order valence-electron chi connectivity index (χ4n) is 2.32. The fraction of sp³-hybridized carbons (Fsp3) is 0.500. The molecule has 6 nitrogen and oxygen atoms in total. The molecule has 1 aliphatic rings. The van der Waals surface area contributed by atoms with Gasteiger partial charge in [0.1, 0.15) is 5.56 Å². The van der Waals surface area contributed by atoms with Crippen molar-refractivity contribution < 1.29 is 19.4 Å². The maximum absolute atomic E-state index is 12.0. The molecule has 2 heterocycles. The monoisotopic (exact) mass is 278 g/mol. The van der Waals surface area contributed by atoms with Crippen LogP contribution in [0.15, 0.2) is 18.5 Å². The van der Waals surface area contributed by atoms with Crippen LogP contribution in [-0.2, 0) is 4.79 Å². The summed E-state index contributed by atoms with van der Waals surface area (Å²) >= 11 is 0. The van der Waals surface area contributed by atoms with Gasteiger partial charge in [-0.1, -0.05) is 6.92 Å². The van der Waals surface area contributed by atoms with Gasteiger partial charge in [-0.3, -0.25) is 9.78 Å². The van der Waals surface area contributed by atoms with Crippen molar-refractivity contribution in [2.45, 2.75) is 19.8 Å². The zero-order valence-electron chi connectivity index (χ0n) is 11.4. The molecule has 2 rings (SSSR count). The molecule has 1 unspecified atom stereocenters. The predicted molar refractivity (Wildman–Crippen MR) is 71.7 cm³/mol. The Morgan fingerprint density at radius 1 is 1.55 bits per heavy atom. The second-order valence-electron chi connectivity index (χ2n) is 5.05. The molecule has 1 fully saturated rings. The summed E-state index contributed by atoms with van der Waals surface area (Å²) in [6.07, 6.45) is 4.83. The molecule has 1 N–H and O–H groups in total. The average Bonchev–Trinajstić information content (AvgIpc) is 2.45. The highest BCUT2D eigenvalue weighted by molar-refractivity contribution is 5.90. The van der Waals surface area contributed by atoms with Crippen LogP contribution in [0.4, 0.5) is 0 Å². The molecule has 1 aromatic rings. The van der Waals surface area contributed by atoms with E-state index in [2.05, 4.69) is 11.9 Å². The van der Waals surface area contributed by atoms with Crippen LogP contribution in [0.1, 0.15) is 30.1 Å². The first kappa shape index (κ1) is 14.3. The Morgan fingerprint density at radius 3 is 3.05 bits per heavy atom. The summed E-state index contributed by atoms with van der Waals surface area (Å²) in [4.78, 5) is 28.6. The maximum Gasteiger partial charge on any atom is 0.339 e. The maximum atomic E-state index is 12.0. The lowest BCUT2D eigenvalue weighted by atomic mass is 10.0. The normalized spacial score (nSPS) is 18.6. The fourth-order valence-corrected chi connectivity index (χ4v) is 2.32. The van der Waals surface area contributed by atoms with E-state index < -0.39 is 5.97 Å². The molecule has 0 spiro atoms. The highest BCUT2D eigenvalue weighted by Gasteiger charge is 2.21. The number of aromatic nitrogens is 1. The molecular formula is C14H18N2O4. The number of carboxylic acid groups (broad SMARTS) is 1. The lowest BCUT2D eigenvalue weighted by Crippen LogP contribution is -2.41. The van der Waals surface area contributed by atoms with E-state index in [0.29, 0.717) is 5.92 Å². The minimum atomic E-state index is -1.10. The summed E-state index contributed by atoms with van der Waals surface area (Å²) < 4.78 is 5.31. The first-order chi connectivity index (χ1) is 9.58. The number of rotatable bonds is 4. The summed E-state index contributed by atoms with van der Waals surface area (Å²) in [5, 5.41) is 9.01. The van der Waals surface area contributed by atoms with Gasteiger partial charge in [0.15, 0.2) is 12.4 Å². The van der Waals surface area contributed by atoms with Crippen molar-refractivity contribution >= 4 is 11.9 Å². The second kappa shape index (κ2) is 6.36. The van der Waals surface area contributed by atoms with Gasteiger partial charge in [0.25, 0.3) is 5.91 Å². The summed E-state index contributed by atoms with van der Waals surface area (Å²) in [6, 6.07) is 1.35. The topological polar surface area (TPSA) is 79.7 Å². The van der Waals surface area contributed by atoms with Crippen molar-refractivity contribution in [2.75, 3.05) is 19.7 Å². The van der Waals surface area contributed by atoms with E-state index in [0.717, 1.165) is 25.9 Å². The van der Waals surface area contributed by atoms with Crippen LogP contribution < -0.4 is 4.74 Å². The van der Waals surface area contributed by atoms with Crippen LogP contribution in [0, 0.1) is 5.92 Å². The summed E-state index contributed by atoms with van der Waals surface area (Å²) in [7, 11) is 0. The Labute approximate surface area is 117 Å². The van der Waals surface area contributed by atoms with Gasteiger partial charge in [-0.05, 0) is 24.8 Å². The Morgan fingerprint density at radius 2 is 2.35 bits per heavy atom. The van der Waals surface area contributed by atoms with Gasteiger partial charge in [0.2, 0.25) is 0 Å². The lowest BCUT2D eigenvalue weighted by molar-refractivity contribution is -0.135. The van der Waals surface area contributed by atoms with Crippen LogP contribution in [0.25, 0.3) is 0 Å². The minimum Gasteiger partial charge on any atom is -0.481 e. The van der Waals surface area contributed by atoms with Gasteiger partial charge < -0.3 is 14.7 Å². The van der Waals surface area contributed by atoms with E-state index in [1.807, 2.05) is 0 Å². The minimum absolute atomic E-state index is 0.0137. The summed E-state index contributed by atoms with van der Waals surface area (Å²) in [6.45, 7) is 3.44. The number of carbonyl (C=O) groups is 2. The molecule has 1 aliphatic heterocycles. The lowest BCUT2D eigenvalue weighted by Gasteiger charge is -2.30. The molecular weight excluding hydrogens is 260 g/mol. The largest absolute Gasteiger partial charge is 0.481 e. The Bertz CT molecular complexity index is 504. The summed E-state index contributed by atoms with van der Waals surface area (Å²) in [5.74, 6) is -0.586. The van der Waals surface area contributed by atoms with Gasteiger partial charge >= 0.3 is 5.97 Å². The van der Waals surface area contributed by atoms with Crippen molar-refractivity contribution in [3.05, 3.63) is 24.0 Å². The van der Waals surface area contributed by atoms with Gasteiger partial charge in [0, 0.05) is 19.3 Å². The number of likely N-dealkylation sites (tertiary alicyclic amines) is 1. The highest BCUT2D eigenvalue weighted by atomic mass is 16.5. The van der Waals surface area contributed by atoms with Gasteiger partial charge in [-0.25, -0.2) is 4.79 Å². The van der Waals surface area contributed by atoms with E-state index >= 15 is 0 Å². The van der Waals surface area contributed by atoms with Crippen molar-refractivity contribution in [3.8, 4) is 5.75 Å². The molecule has 0 saturated carbocycles. The van der Waals surface area contributed by atoms with Crippen molar-refractivity contribution in [1.82, 2.24) is 9.88 Å². The smallest absolute Gasteiger partial charge is 0.339 e. The van der Waals surface area contributed by atoms with Crippen LogP contribution in [0.5, 0.6) is 5.75 Å². The quantitative estimate of drug-likeness (QED) is 0.901. The molecule has 1 aromatic heterocycles. The molecule has 0 aromatic carbocycles. The van der Waals surface area contributed by atoms with Crippen LogP contribution in [0.2, 0.25) is 0 Å². The molecule has 20 heavy (non-hydrogen) atoms. The number of nitrogens with zero attached hydrogens (tertiary/aromatic N) is 2. The van der Waals surface area contributed by atoms with E-state index in [1.165, 1.54) is 18.5 Å². The van der Waals surface area contributed by atoms with E-state index in [-0.39, 0.29) is 23.8 Å². The van der Waals surface area contributed by atoms with Crippen molar-refractivity contribution in [3.63, 3.8) is 0 Å². The summed E-state index contributed by atoms with van der Waals surface area (Å²) in [5.41, 5.74) is 0.0137.